The van der Waals surface area contributed by atoms with E-state index in [1.54, 1.807) is 0 Å². The second-order valence-corrected chi connectivity index (χ2v) is 4.65. The Bertz CT molecular complexity index is 273. The number of aromatic nitrogens is 2. The maximum Gasteiger partial charge on any atom is 0.203 e. The summed E-state index contributed by atoms with van der Waals surface area (Å²) in [5.74, 6) is 2.13. The topological polar surface area (TPSA) is 29.9 Å². The molecule has 0 aliphatic heterocycles. The highest BCUT2D eigenvalue weighted by Crippen LogP contribution is 2.16. The van der Waals surface area contributed by atoms with Crippen molar-refractivity contribution >= 4 is 17.7 Å². The first-order chi connectivity index (χ1) is 7.29. The average molecular weight is 227 g/mol. The van der Waals surface area contributed by atoms with Crippen LogP contribution in [-0.2, 0) is 0 Å². The molecule has 3 nitrogen and oxygen atoms in total. The number of rotatable bonds is 7. The molecular formula is C11H21N3S. The molecule has 1 heterocycles. The first-order valence-corrected chi connectivity index (χ1v) is 6.94. The number of unbranched alkanes of at least 4 members (excludes halogenated alkanes) is 1. The van der Waals surface area contributed by atoms with Gasteiger partial charge in [-0.05, 0) is 19.6 Å². The van der Waals surface area contributed by atoms with Crippen LogP contribution in [-0.4, -0.2) is 28.1 Å². The minimum Gasteiger partial charge on any atom is -0.356 e. The third kappa shape index (κ3) is 3.78. The van der Waals surface area contributed by atoms with E-state index in [2.05, 4.69) is 41.2 Å². The summed E-state index contributed by atoms with van der Waals surface area (Å²) in [6, 6.07) is 0.506. The van der Waals surface area contributed by atoms with E-state index in [9.17, 15) is 0 Å². The maximum absolute atomic E-state index is 4.33. The normalized spacial score (nSPS) is 12.7. The van der Waals surface area contributed by atoms with Crippen molar-refractivity contribution in [2.24, 2.45) is 0 Å². The quantitative estimate of drug-likeness (QED) is 0.726. The van der Waals surface area contributed by atoms with Gasteiger partial charge in [-0.25, -0.2) is 4.98 Å². The molecule has 1 unspecified atom stereocenters. The molecule has 1 aromatic rings. The van der Waals surface area contributed by atoms with Crippen molar-refractivity contribution in [2.75, 3.05) is 23.9 Å². The van der Waals surface area contributed by atoms with Crippen molar-refractivity contribution in [3.8, 4) is 0 Å². The van der Waals surface area contributed by atoms with Crippen LogP contribution in [0.25, 0.3) is 0 Å². The lowest BCUT2D eigenvalue weighted by atomic mass is 10.3. The van der Waals surface area contributed by atoms with Crippen molar-refractivity contribution in [1.29, 1.82) is 0 Å². The summed E-state index contributed by atoms with van der Waals surface area (Å²) in [4.78, 5) is 4.33. The Labute approximate surface area is 96.7 Å². The van der Waals surface area contributed by atoms with Crippen molar-refractivity contribution in [1.82, 2.24) is 9.55 Å². The first kappa shape index (κ1) is 12.4. The smallest absolute Gasteiger partial charge is 0.203 e. The van der Waals surface area contributed by atoms with Gasteiger partial charge in [0.1, 0.15) is 0 Å². The standard InChI is InChI=1S/C11H21N3S/c1-4-5-6-12-11-13-7-8-14(11)10(2)9-15-3/h7-8,10H,4-6,9H2,1-3H3,(H,12,13). The fraction of sp³-hybridized carbons (Fsp3) is 0.727. The summed E-state index contributed by atoms with van der Waals surface area (Å²) in [5.41, 5.74) is 0. The Morgan fingerprint density at radius 2 is 2.40 bits per heavy atom. The summed E-state index contributed by atoms with van der Waals surface area (Å²) in [6.45, 7) is 5.44. The molecule has 0 amide bonds. The number of imidazole rings is 1. The molecule has 0 aromatic carbocycles. The maximum atomic E-state index is 4.33. The zero-order chi connectivity index (χ0) is 11.1. The summed E-state index contributed by atoms with van der Waals surface area (Å²) in [6.07, 6.45) is 8.47. The summed E-state index contributed by atoms with van der Waals surface area (Å²) in [7, 11) is 0. The highest BCUT2D eigenvalue weighted by Gasteiger charge is 2.08. The van der Waals surface area contributed by atoms with Crippen molar-refractivity contribution in [3.63, 3.8) is 0 Å². The van der Waals surface area contributed by atoms with Gasteiger partial charge in [0, 0.05) is 30.7 Å². The van der Waals surface area contributed by atoms with Gasteiger partial charge in [0.15, 0.2) is 0 Å². The number of hydrogen-bond acceptors (Lipinski definition) is 3. The van der Waals surface area contributed by atoms with Crippen LogP contribution in [0.4, 0.5) is 5.95 Å². The SMILES string of the molecule is CCCCNc1nccn1C(C)CSC. The van der Waals surface area contributed by atoms with Gasteiger partial charge in [-0.3, -0.25) is 0 Å². The molecule has 0 aliphatic rings. The molecule has 1 atom stereocenters. The molecule has 15 heavy (non-hydrogen) atoms. The molecular weight excluding hydrogens is 206 g/mol. The van der Waals surface area contributed by atoms with Crippen molar-refractivity contribution in [2.45, 2.75) is 32.7 Å². The molecule has 0 saturated heterocycles. The van der Waals surface area contributed by atoms with Crippen LogP contribution in [0.3, 0.4) is 0 Å². The van der Waals surface area contributed by atoms with Crippen LogP contribution in [0.1, 0.15) is 32.7 Å². The van der Waals surface area contributed by atoms with Gasteiger partial charge in [-0.1, -0.05) is 13.3 Å². The molecule has 0 radical (unpaired) electrons. The molecule has 1 rings (SSSR count). The first-order valence-electron chi connectivity index (χ1n) is 5.55. The zero-order valence-corrected chi connectivity index (χ0v) is 10.7. The Kier molecular flexibility index (Phi) is 5.61. The monoisotopic (exact) mass is 227 g/mol. The van der Waals surface area contributed by atoms with E-state index >= 15 is 0 Å². The third-order valence-electron chi connectivity index (χ3n) is 2.36. The van der Waals surface area contributed by atoms with Crippen LogP contribution in [0.2, 0.25) is 0 Å². The molecule has 0 saturated carbocycles. The minimum absolute atomic E-state index is 0.506. The van der Waals surface area contributed by atoms with E-state index in [-0.39, 0.29) is 0 Å². The van der Waals surface area contributed by atoms with Gasteiger partial charge in [-0.15, -0.1) is 0 Å². The minimum atomic E-state index is 0.506. The van der Waals surface area contributed by atoms with Crippen molar-refractivity contribution < 1.29 is 0 Å². The zero-order valence-electron chi connectivity index (χ0n) is 9.86. The Morgan fingerprint density at radius 1 is 1.60 bits per heavy atom. The Morgan fingerprint density at radius 3 is 3.07 bits per heavy atom. The highest BCUT2D eigenvalue weighted by molar-refractivity contribution is 7.98. The Balaban J connectivity index is 2.52. The summed E-state index contributed by atoms with van der Waals surface area (Å²) >= 11 is 1.87. The molecule has 0 fully saturated rings. The summed E-state index contributed by atoms with van der Waals surface area (Å²) < 4.78 is 2.21. The number of nitrogens with zero attached hydrogens (tertiary/aromatic N) is 2. The lowest BCUT2D eigenvalue weighted by Gasteiger charge is -2.15. The van der Waals surface area contributed by atoms with Crippen LogP contribution in [0.5, 0.6) is 0 Å². The van der Waals surface area contributed by atoms with Gasteiger partial charge in [0.2, 0.25) is 5.95 Å². The van der Waals surface area contributed by atoms with Gasteiger partial charge >= 0.3 is 0 Å². The molecule has 0 bridgehead atoms. The fourth-order valence-electron chi connectivity index (χ4n) is 1.50. The fourth-order valence-corrected chi connectivity index (χ4v) is 2.15. The number of thioether (sulfide) groups is 1. The van der Waals surface area contributed by atoms with E-state index in [1.807, 2.05) is 18.0 Å². The molecule has 1 N–H and O–H groups in total. The van der Waals surface area contributed by atoms with E-state index < -0.39 is 0 Å². The van der Waals surface area contributed by atoms with Gasteiger partial charge in [0.25, 0.3) is 0 Å². The second kappa shape index (κ2) is 6.77. The molecule has 1 aromatic heterocycles. The summed E-state index contributed by atoms with van der Waals surface area (Å²) in [5, 5.41) is 3.38. The van der Waals surface area contributed by atoms with Gasteiger partial charge in [-0.2, -0.15) is 11.8 Å². The molecule has 4 heteroatoms. The van der Waals surface area contributed by atoms with E-state index in [1.165, 1.54) is 12.8 Å². The molecule has 0 aliphatic carbocycles. The van der Waals surface area contributed by atoms with Gasteiger partial charge in [0.05, 0.1) is 0 Å². The van der Waals surface area contributed by atoms with Gasteiger partial charge < -0.3 is 9.88 Å². The van der Waals surface area contributed by atoms with E-state index in [0.29, 0.717) is 6.04 Å². The predicted octanol–water partition coefficient (Wildman–Crippen LogP) is 3.02. The average Bonchev–Trinajstić information content (AvgIpc) is 2.67. The largest absolute Gasteiger partial charge is 0.356 e. The lowest BCUT2D eigenvalue weighted by molar-refractivity contribution is 0.613. The second-order valence-electron chi connectivity index (χ2n) is 3.74. The highest BCUT2D eigenvalue weighted by atomic mass is 32.2. The van der Waals surface area contributed by atoms with Crippen LogP contribution >= 0.6 is 11.8 Å². The van der Waals surface area contributed by atoms with E-state index in [4.69, 9.17) is 0 Å². The number of anilines is 1. The number of hydrogen-bond donors (Lipinski definition) is 1. The predicted molar refractivity (Wildman–Crippen MR) is 68.7 cm³/mol. The van der Waals surface area contributed by atoms with Crippen molar-refractivity contribution in [3.05, 3.63) is 12.4 Å². The lowest BCUT2D eigenvalue weighted by Crippen LogP contribution is -2.13. The van der Waals surface area contributed by atoms with Crippen LogP contribution < -0.4 is 5.32 Å². The number of nitrogens with one attached hydrogen (secondary N) is 1. The molecule has 0 spiro atoms. The third-order valence-corrected chi connectivity index (χ3v) is 3.18. The van der Waals surface area contributed by atoms with Crippen LogP contribution in [0, 0.1) is 0 Å². The molecule has 86 valence electrons. The Hall–Kier alpha value is -0.640. The van der Waals surface area contributed by atoms with Crippen LogP contribution in [0.15, 0.2) is 12.4 Å². The van der Waals surface area contributed by atoms with E-state index in [0.717, 1.165) is 18.2 Å².